The van der Waals surface area contributed by atoms with Gasteiger partial charge in [-0.1, -0.05) is 92.7 Å². The summed E-state index contributed by atoms with van der Waals surface area (Å²) < 4.78 is 21.0. The first-order valence-electron chi connectivity index (χ1n) is 14.7. The highest BCUT2D eigenvalue weighted by Crippen LogP contribution is 2.47. The number of hydrogen-bond acceptors (Lipinski definition) is 4. The van der Waals surface area contributed by atoms with Gasteiger partial charge in [0.1, 0.15) is 5.60 Å². The fourth-order valence-corrected chi connectivity index (χ4v) is 17.3. The zero-order chi connectivity index (χ0) is 29.1. The molecular formula is C32H56O4Si2. The van der Waals surface area contributed by atoms with Crippen molar-refractivity contribution in [2.24, 2.45) is 5.41 Å². The first-order valence-corrected chi connectivity index (χ1v) is 18.7. The van der Waals surface area contributed by atoms with E-state index in [4.69, 9.17) is 13.0 Å². The maximum Gasteiger partial charge on any atom is 0.335 e. The van der Waals surface area contributed by atoms with E-state index in [0.29, 0.717) is 28.8 Å². The van der Waals surface area contributed by atoms with Crippen LogP contribution in [-0.2, 0) is 13.0 Å². The van der Waals surface area contributed by atoms with Crippen LogP contribution in [0.1, 0.15) is 109 Å². The summed E-state index contributed by atoms with van der Waals surface area (Å²) in [6.45, 7) is 29.0. The lowest BCUT2D eigenvalue weighted by Crippen LogP contribution is -2.59. The lowest BCUT2D eigenvalue weighted by atomic mass is 9.72. The second kappa shape index (κ2) is 12.7. The molecular weight excluding hydrogens is 505 g/mol. The predicted molar refractivity (Wildman–Crippen MR) is 165 cm³/mol. The van der Waals surface area contributed by atoms with Crippen molar-refractivity contribution in [3.8, 4) is 11.8 Å². The molecule has 0 spiro atoms. The molecule has 0 saturated carbocycles. The maximum atomic E-state index is 11.0. The van der Waals surface area contributed by atoms with E-state index >= 15 is 0 Å². The van der Waals surface area contributed by atoms with Crippen LogP contribution in [0.2, 0.25) is 22.2 Å². The molecule has 1 unspecified atom stereocenters. The molecule has 1 heterocycles. The van der Waals surface area contributed by atoms with Crippen LogP contribution in [0.15, 0.2) is 34.9 Å². The van der Waals surface area contributed by atoms with Gasteiger partial charge in [-0.25, -0.2) is 0 Å². The molecule has 2 aliphatic rings. The Balaban J connectivity index is 2.36. The minimum atomic E-state index is -2.62. The van der Waals surface area contributed by atoms with E-state index < -0.39 is 22.7 Å². The highest BCUT2D eigenvalue weighted by atomic mass is 28.5. The van der Waals surface area contributed by atoms with Gasteiger partial charge in [-0.05, 0) is 90.9 Å². The fraction of sp³-hybridized carbons (Fsp3) is 0.750. The Kier molecular flexibility index (Phi) is 11.1. The highest BCUT2D eigenvalue weighted by molar-refractivity contribution is 6.84. The van der Waals surface area contributed by atoms with E-state index in [1.807, 2.05) is 12.2 Å². The monoisotopic (exact) mass is 560 g/mol. The van der Waals surface area contributed by atoms with Crippen LogP contribution < -0.4 is 0 Å². The minimum Gasteiger partial charge on any atom is -0.414 e. The van der Waals surface area contributed by atoms with Crippen molar-refractivity contribution in [3.05, 3.63) is 34.9 Å². The molecule has 0 aromatic heterocycles. The van der Waals surface area contributed by atoms with Gasteiger partial charge >= 0.3 is 17.1 Å². The van der Waals surface area contributed by atoms with Crippen LogP contribution in [-0.4, -0.2) is 40.5 Å². The summed E-state index contributed by atoms with van der Waals surface area (Å²) in [5, 5.41) is 11.0. The minimum absolute atomic E-state index is 0.130. The molecule has 0 aromatic carbocycles. The Bertz CT molecular complexity index is 957. The Morgan fingerprint density at radius 1 is 1.03 bits per heavy atom. The molecule has 2 atom stereocenters. The van der Waals surface area contributed by atoms with Gasteiger partial charge < -0.3 is 18.1 Å². The van der Waals surface area contributed by atoms with Crippen LogP contribution in [0.25, 0.3) is 0 Å². The third-order valence-corrected chi connectivity index (χ3v) is 18.8. The molecule has 2 rings (SSSR count). The average molecular weight is 561 g/mol. The van der Waals surface area contributed by atoms with Gasteiger partial charge in [0.15, 0.2) is 0 Å². The topological polar surface area (TPSA) is 47.9 Å². The van der Waals surface area contributed by atoms with Gasteiger partial charge in [0.25, 0.3) is 0 Å². The first kappa shape index (κ1) is 33.3. The van der Waals surface area contributed by atoms with Gasteiger partial charge in [-0.3, -0.25) is 0 Å². The lowest BCUT2D eigenvalue weighted by Gasteiger charge is -2.45. The van der Waals surface area contributed by atoms with Crippen molar-refractivity contribution in [1.29, 1.82) is 0 Å². The number of aliphatic hydroxyl groups is 1. The van der Waals surface area contributed by atoms with E-state index in [1.165, 1.54) is 24.0 Å². The molecule has 38 heavy (non-hydrogen) atoms. The van der Waals surface area contributed by atoms with Crippen molar-refractivity contribution < 1.29 is 18.1 Å². The molecule has 0 aromatic rings. The molecule has 1 N–H and O–H groups in total. The van der Waals surface area contributed by atoms with Gasteiger partial charge in [0.05, 0.1) is 12.7 Å². The molecule has 0 amide bonds. The van der Waals surface area contributed by atoms with Crippen LogP contribution in [0.3, 0.4) is 0 Å². The van der Waals surface area contributed by atoms with E-state index in [9.17, 15) is 5.11 Å². The quantitative estimate of drug-likeness (QED) is 0.250. The zero-order valence-electron chi connectivity index (χ0n) is 26.6. The summed E-state index contributed by atoms with van der Waals surface area (Å²) in [6.07, 6.45) is 9.14. The third kappa shape index (κ3) is 7.41. The van der Waals surface area contributed by atoms with Gasteiger partial charge in [-0.15, -0.1) is 0 Å². The van der Waals surface area contributed by atoms with Crippen LogP contribution in [0.4, 0.5) is 0 Å². The molecule has 0 radical (unpaired) electrons. The fourth-order valence-electron chi connectivity index (χ4n) is 6.09. The number of allylic oxidation sites excluding steroid dienone is 4. The Hall–Kier alpha value is -0.946. The van der Waals surface area contributed by atoms with E-state index in [1.54, 1.807) is 6.92 Å². The van der Waals surface area contributed by atoms with Crippen LogP contribution in [0.5, 0.6) is 0 Å². The first-order chi connectivity index (χ1) is 17.4. The van der Waals surface area contributed by atoms with Crippen molar-refractivity contribution in [2.75, 3.05) is 6.61 Å². The molecule has 1 saturated heterocycles. The SMILES string of the molecule is CC1=C(/C=C/C(C)(O)C#C/C=C(\C)[C@@H]2CO[Si](C(C)C)(C(C)C)O[Si](C(C)C)(C(C)C)O2)C(C)(C)CCC1. The summed E-state index contributed by atoms with van der Waals surface area (Å²) in [4.78, 5) is 0. The van der Waals surface area contributed by atoms with E-state index in [-0.39, 0.29) is 11.5 Å². The molecule has 216 valence electrons. The summed E-state index contributed by atoms with van der Waals surface area (Å²) in [6, 6.07) is 0. The molecule has 4 nitrogen and oxygen atoms in total. The molecule has 1 aliphatic heterocycles. The number of hydrogen-bond donors (Lipinski definition) is 1. The standard InChI is InChI=1S/C32H56O4Si2/c1-23(2)37(24(3)4)34-22-30(35-38(36-37,25(5)6)26(7)8)28(10)17-15-20-32(13,33)21-18-29-27(9)16-14-19-31(29,11)12/h17-18,21,23-26,30,33H,14,16,19,22H2,1-13H3/b21-18+,28-17+/t30-,32?/m0/s1. The Labute approximate surface area is 236 Å². The predicted octanol–water partition coefficient (Wildman–Crippen LogP) is 8.73. The normalized spacial score (nSPS) is 25.6. The highest BCUT2D eigenvalue weighted by Gasteiger charge is 2.59. The average Bonchev–Trinajstić information content (AvgIpc) is 2.98. The van der Waals surface area contributed by atoms with Gasteiger partial charge in [0.2, 0.25) is 0 Å². The summed E-state index contributed by atoms with van der Waals surface area (Å²) in [5.41, 5.74) is 3.91. The van der Waals surface area contributed by atoms with Crippen molar-refractivity contribution in [3.63, 3.8) is 0 Å². The Morgan fingerprint density at radius 2 is 1.58 bits per heavy atom. The second-order valence-corrected chi connectivity index (χ2v) is 22.5. The molecule has 1 aliphatic carbocycles. The van der Waals surface area contributed by atoms with Crippen molar-refractivity contribution >= 4 is 17.1 Å². The van der Waals surface area contributed by atoms with Crippen molar-refractivity contribution in [2.45, 2.75) is 143 Å². The van der Waals surface area contributed by atoms with E-state index in [0.717, 1.165) is 12.0 Å². The lowest BCUT2D eigenvalue weighted by molar-refractivity contribution is 0.143. The van der Waals surface area contributed by atoms with Crippen molar-refractivity contribution in [1.82, 2.24) is 0 Å². The zero-order valence-corrected chi connectivity index (χ0v) is 28.6. The number of rotatable bonds is 7. The Morgan fingerprint density at radius 3 is 2.08 bits per heavy atom. The largest absolute Gasteiger partial charge is 0.414 e. The molecule has 6 heteroatoms. The van der Waals surface area contributed by atoms with Gasteiger partial charge in [-0.2, -0.15) is 0 Å². The third-order valence-electron chi connectivity index (χ3n) is 8.57. The summed E-state index contributed by atoms with van der Waals surface area (Å²) >= 11 is 0. The van der Waals surface area contributed by atoms with Crippen LogP contribution >= 0.6 is 0 Å². The molecule has 0 bridgehead atoms. The van der Waals surface area contributed by atoms with E-state index in [2.05, 4.69) is 101 Å². The maximum absolute atomic E-state index is 11.0. The molecule has 1 fully saturated rings. The second-order valence-electron chi connectivity index (χ2n) is 13.7. The smallest absolute Gasteiger partial charge is 0.335 e. The summed E-state index contributed by atoms with van der Waals surface area (Å²) in [5.74, 6) is 6.19. The summed E-state index contributed by atoms with van der Waals surface area (Å²) in [7, 11) is -5.14. The van der Waals surface area contributed by atoms with Crippen LogP contribution in [0, 0.1) is 17.3 Å². The van der Waals surface area contributed by atoms with Gasteiger partial charge in [0, 0.05) is 0 Å².